The van der Waals surface area contributed by atoms with E-state index in [9.17, 15) is 4.79 Å². The van der Waals surface area contributed by atoms with Crippen molar-refractivity contribution in [2.45, 2.75) is 38.3 Å². The molecule has 2 aromatic rings. The minimum absolute atomic E-state index is 0.129. The molecule has 2 aromatic carbocycles. The van der Waals surface area contributed by atoms with E-state index >= 15 is 0 Å². The Kier molecular flexibility index (Phi) is 5.88. The molecule has 0 spiro atoms. The molecule has 1 fully saturated rings. The van der Waals surface area contributed by atoms with E-state index in [0.717, 1.165) is 36.1 Å². The number of carbonyl (C=O) groups excluding carboxylic acids is 1. The van der Waals surface area contributed by atoms with Crippen molar-refractivity contribution in [3.63, 3.8) is 0 Å². The zero-order valence-corrected chi connectivity index (χ0v) is 17.0. The predicted molar refractivity (Wildman–Crippen MR) is 112 cm³/mol. The third-order valence-electron chi connectivity index (χ3n) is 5.37. The molecule has 146 valence electrons. The summed E-state index contributed by atoms with van der Waals surface area (Å²) in [6.45, 7) is 1.02. The maximum absolute atomic E-state index is 13.0. The van der Waals surface area contributed by atoms with Gasteiger partial charge in [0.15, 0.2) is 6.10 Å². The first-order valence-electron chi connectivity index (χ1n) is 9.61. The van der Waals surface area contributed by atoms with Crippen molar-refractivity contribution in [2.75, 3.05) is 6.54 Å². The van der Waals surface area contributed by atoms with E-state index in [1.54, 1.807) is 0 Å². The summed E-state index contributed by atoms with van der Waals surface area (Å²) in [6.07, 6.45) is 3.53. The second kappa shape index (κ2) is 8.54. The van der Waals surface area contributed by atoms with Gasteiger partial charge in [0.25, 0.3) is 0 Å². The van der Waals surface area contributed by atoms with Crippen LogP contribution in [-0.2, 0) is 16.2 Å². The van der Waals surface area contributed by atoms with Crippen LogP contribution in [0, 0.1) is 5.92 Å². The van der Waals surface area contributed by atoms with Crippen molar-refractivity contribution < 1.29 is 9.63 Å². The fraction of sp³-hybridized carbons (Fsp3) is 0.364. The van der Waals surface area contributed by atoms with Gasteiger partial charge in [0.1, 0.15) is 0 Å². The molecular weight excluding hydrogens is 395 g/mol. The lowest BCUT2D eigenvalue weighted by Gasteiger charge is -2.32. The molecule has 0 aromatic heterocycles. The minimum Gasteiger partial charge on any atom is -0.390 e. The van der Waals surface area contributed by atoms with E-state index < -0.39 is 0 Å². The smallest absolute Gasteiger partial charge is 0.226 e. The van der Waals surface area contributed by atoms with Crippen LogP contribution in [0.4, 0.5) is 0 Å². The Morgan fingerprint density at radius 3 is 2.68 bits per heavy atom. The summed E-state index contributed by atoms with van der Waals surface area (Å²) in [7, 11) is 0. The van der Waals surface area contributed by atoms with Gasteiger partial charge in [-0.25, -0.2) is 0 Å². The Balaban J connectivity index is 1.45. The number of amides is 1. The van der Waals surface area contributed by atoms with Crippen LogP contribution in [0.15, 0.2) is 53.7 Å². The molecule has 1 aliphatic heterocycles. The van der Waals surface area contributed by atoms with Crippen molar-refractivity contribution in [3.05, 3.63) is 69.7 Å². The largest absolute Gasteiger partial charge is 0.390 e. The van der Waals surface area contributed by atoms with Crippen LogP contribution in [0.25, 0.3) is 0 Å². The molecule has 28 heavy (non-hydrogen) atoms. The average Bonchev–Trinajstić information content (AvgIpc) is 3.08. The zero-order valence-electron chi connectivity index (χ0n) is 15.5. The standard InChI is InChI=1S/C22H22Cl2N2O2/c23-17-8-3-5-15(11-17)13-26(22(27)16-6-4-7-16)14-18-12-21(25-28-18)19-9-1-2-10-20(19)24/h1-3,5,8-11,16,18H,4,6-7,12-14H2. The molecule has 4 nitrogen and oxygen atoms in total. The normalized spacial score (nSPS) is 18.9. The summed E-state index contributed by atoms with van der Waals surface area (Å²) in [5, 5.41) is 5.57. The first kappa shape index (κ1) is 19.3. The highest BCUT2D eigenvalue weighted by molar-refractivity contribution is 6.34. The number of benzene rings is 2. The highest BCUT2D eigenvalue weighted by atomic mass is 35.5. The topological polar surface area (TPSA) is 41.9 Å². The van der Waals surface area contributed by atoms with E-state index in [4.69, 9.17) is 28.0 Å². The molecule has 1 amide bonds. The van der Waals surface area contributed by atoms with Gasteiger partial charge in [-0.2, -0.15) is 0 Å². The SMILES string of the molecule is O=C(C1CCC1)N(Cc1cccc(Cl)c1)CC1CC(c2ccccc2Cl)=NO1. The van der Waals surface area contributed by atoms with Crippen LogP contribution in [-0.4, -0.2) is 29.2 Å². The molecule has 1 heterocycles. The summed E-state index contributed by atoms with van der Waals surface area (Å²) >= 11 is 12.4. The van der Waals surface area contributed by atoms with Crippen molar-refractivity contribution in [2.24, 2.45) is 11.1 Å². The Morgan fingerprint density at radius 2 is 1.96 bits per heavy atom. The maximum atomic E-state index is 13.0. The average molecular weight is 417 g/mol. The van der Waals surface area contributed by atoms with Gasteiger partial charge in [-0.1, -0.05) is 65.1 Å². The number of carbonyl (C=O) groups is 1. The lowest BCUT2D eigenvalue weighted by Crippen LogP contribution is -2.42. The fourth-order valence-electron chi connectivity index (χ4n) is 3.63. The van der Waals surface area contributed by atoms with Gasteiger partial charge >= 0.3 is 0 Å². The van der Waals surface area contributed by atoms with E-state index in [1.165, 1.54) is 0 Å². The van der Waals surface area contributed by atoms with Crippen LogP contribution in [0.2, 0.25) is 10.0 Å². The summed E-state index contributed by atoms with van der Waals surface area (Å²) in [5.74, 6) is 0.325. The van der Waals surface area contributed by atoms with Gasteiger partial charge in [0.2, 0.25) is 5.91 Å². The first-order valence-corrected chi connectivity index (χ1v) is 10.4. The Labute approximate surface area is 175 Å². The van der Waals surface area contributed by atoms with E-state index in [1.807, 2.05) is 53.4 Å². The Bertz CT molecular complexity index is 896. The number of oxime groups is 1. The van der Waals surface area contributed by atoms with Gasteiger partial charge in [0.05, 0.1) is 12.3 Å². The van der Waals surface area contributed by atoms with E-state index in [2.05, 4.69) is 5.16 Å². The lowest BCUT2D eigenvalue weighted by molar-refractivity contribution is -0.140. The molecular formula is C22H22Cl2N2O2. The third kappa shape index (κ3) is 4.34. The molecule has 1 saturated carbocycles. The molecule has 0 radical (unpaired) electrons. The minimum atomic E-state index is -0.172. The molecule has 1 aliphatic carbocycles. The van der Waals surface area contributed by atoms with Crippen LogP contribution in [0.1, 0.15) is 36.8 Å². The van der Waals surface area contributed by atoms with Gasteiger partial charge in [-0.05, 0) is 36.6 Å². The molecule has 1 atom stereocenters. The molecule has 0 bridgehead atoms. The van der Waals surface area contributed by atoms with Gasteiger partial charge in [-0.3, -0.25) is 4.79 Å². The summed E-state index contributed by atoms with van der Waals surface area (Å²) in [4.78, 5) is 20.5. The lowest BCUT2D eigenvalue weighted by atomic mass is 9.84. The Morgan fingerprint density at radius 1 is 1.14 bits per heavy atom. The van der Waals surface area contributed by atoms with E-state index in [-0.39, 0.29) is 17.9 Å². The summed E-state index contributed by atoms with van der Waals surface area (Å²) in [6, 6.07) is 15.3. The van der Waals surface area contributed by atoms with Crippen LogP contribution in [0.5, 0.6) is 0 Å². The second-order valence-electron chi connectivity index (χ2n) is 7.43. The molecule has 6 heteroatoms. The monoisotopic (exact) mass is 416 g/mol. The zero-order chi connectivity index (χ0) is 19.5. The van der Waals surface area contributed by atoms with Crippen molar-refractivity contribution >= 4 is 34.8 Å². The first-order chi connectivity index (χ1) is 13.6. The number of hydrogen-bond acceptors (Lipinski definition) is 3. The number of rotatable bonds is 6. The Hall–Kier alpha value is -2.04. The number of halogens is 2. The second-order valence-corrected chi connectivity index (χ2v) is 8.27. The fourth-order valence-corrected chi connectivity index (χ4v) is 4.09. The van der Waals surface area contributed by atoms with E-state index in [0.29, 0.717) is 29.6 Å². The van der Waals surface area contributed by atoms with Crippen molar-refractivity contribution in [1.29, 1.82) is 0 Å². The molecule has 0 N–H and O–H groups in total. The van der Waals surface area contributed by atoms with Crippen LogP contribution in [0.3, 0.4) is 0 Å². The molecule has 1 unspecified atom stereocenters. The van der Waals surface area contributed by atoms with Crippen LogP contribution >= 0.6 is 23.2 Å². The van der Waals surface area contributed by atoms with Gasteiger partial charge in [0, 0.05) is 34.5 Å². The highest BCUT2D eigenvalue weighted by Gasteiger charge is 2.33. The van der Waals surface area contributed by atoms with Gasteiger partial charge in [-0.15, -0.1) is 0 Å². The van der Waals surface area contributed by atoms with Crippen molar-refractivity contribution in [1.82, 2.24) is 4.90 Å². The predicted octanol–water partition coefficient (Wildman–Crippen LogP) is 5.32. The third-order valence-corrected chi connectivity index (χ3v) is 5.94. The quantitative estimate of drug-likeness (QED) is 0.639. The molecule has 0 saturated heterocycles. The number of hydrogen-bond donors (Lipinski definition) is 0. The summed E-state index contributed by atoms with van der Waals surface area (Å²) in [5.41, 5.74) is 2.73. The number of nitrogens with zero attached hydrogens (tertiary/aromatic N) is 2. The van der Waals surface area contributed by atoms with Crippen molar-refractivity contribution in [3.8, 4) is 0 Å². The van der Waals surface area contributed by atoms with Gasteiger partial charge < -0.3 is 9.74 Å². The maximum Gasteiger partial charge on any atom is 0.226 e. The molecule has 4 rings (SSSR count). The molecule has 2 aliphatic rings. The highest BCUT2D eigenvalue weighted by Crippen LogP contribution is 2.30. The summed E-state index contributed by atoms with van der Waals surface area (Å²) < 4.78 is 0. The van der Waals surface area contributed by atoms with Crippen LogP contribution < -0.4 is 0 Å².